The molecular weight excluding hydrogens is 358 g/mol. The van der Waals surface area contributed by atoms with E-state index in [1.165, 1.54) is 13.0 Å². The van der Waals surface area contributed by atoms with Crippen molar-refractivity contribution >= 4 is 28.4 Å². The number of pyridine rings is 1. The van der Waals surface area contributed by atoms with Crippen LogP contribution in [0.2, 0.25) is 0 Å². The highest BCUT2D eigenvalue weighted by Crippen LogP contribution is 2.24. The molecule has 0 aliphatic carbocycles. The van der Waals surface area contributed by atoms with Crippen molar-refractivity contribution < 1.29 is 9.72 Å². The average Bonchev–Trinajstić information content (AvgIpc) is 2.96. The number of hydrogen-bond acceptors (Lipinski definition) is 5. The second-order valence-corrected chi connectivity index (χ2v) is 6.79. The third-order valence-corrected chi connectivity index (χ3v) is 4.52. The van der Waals surface area contributed by atoms with Gasteiger partial charge in [0.05, 0.1) is 22.8 Å². The molecule has 0 aliphatic rings. The number of fused-ring (bicyclic) bond motifs is 1. The van der Waals surface area contributed by atoms with Gasteiger partial charge in [-0.2, -0.15) is 0 Å². The van der Waals surface area contributed by atoms with Crippen LogP contribution in [0.25, 0.3) is 11.2 Å². The lowest BCUT2D eigenvalue weighted by Crippen LogP contribution is -2.09. The quantitative estimate of drug-likeness (QED) is 0.492. The number of aromatic nitrogens is 3. The molecule has 1 amide bonds. The number of imidazole rings is 1. The summed E-state index contributed by atoms with van der Waals surface area (Å²) in [5.41, 5.74) is 3.63. The number of carbonyl (C=O) groups excluding carboxylic acids is 1. The maximum Gasteiger partial charge on any atom is 0.269 e. The number of nitro groups is 1. The molecule has 0 spiro atoms. The lowest BCUT2D eigenvalue weighted by molar-refractivity contribution is -0.384. The Morgan fingerprint density at radius 3 is 2.75 bits per heavy atom. The van der Waals surface area contributed by atoms with E-state index in [9.17, 15) is 14.9 Å². The van der Waals surface area contributed by atoms with Gasteiger partial charge in [0.25, 0.3) is 5.69 Å². The third kappa shape index (κ3) is 4.16. The first-order valence-corrected chi connectivity index (χ1v) is 9.26. The summed E-state index contributed by atoms with van der Waals surface area (Å²) in [5, 5.41) is 13.9. The number of benzene rings is 1. The normalized spacial score (nSPS) is 11.0. The predicted molar refractivity (Wildman–Crippen MR) is 107 cm³/mol. The summed E-state index contributed by atoms with van der Waals surface area (Å²) in [6, 6.07) is 8.44. The van der Waals surface area contributed by atoms with E-state index in [2.05, 4.69) is 17.2 Å². The molecule has 0 aliphatic heterocycles. The summed E-state index contributed by atoms with van der Waals surface area (Å²) in [7, 11) is 0. The minimum atomic E-state index is -0.393. The van der Waals surface area contributed by atoms with Crippen LogP contribution < -0.4 is 5.32 Å². The number of carbonyl (C=O) groups is 1. The Kier molecular flexibility index (Phi) is 5.67. The smallest absolute Gasteiger partial charge is 0.269 e. The van der Waals surface area contributed by atoms with E-state index in [-0.39, 0.29) is 11.6 Å². The highest BCUT2D eigenvalue weighted by atomic mass is 16.6. The summed E-state index contributed by atoms with van der Waals surface area (Å²) in [6.07, 6.45) is 2.80. The highest BCUT2D eigenvalue weighted by molar-refractivity contribution is 5.91. The number of unbranched alkanes of at least 4 members (excludes halogenated alkanes) is 1. The van der Waals surface area contributed by atoms with E-state index in [1.807, 2.05) is 23.6 Å². The van der Waals surface area contributed by atoms with Gasteiger partial charge in [-0.05, 0) is 25.0 Å². The molecule has 2 aromatic heterocycles. The molecule has 0 saturated heterocycles. The Bertz CT molecular complexity index is 1040. The van der Waals surface area contributed by atoms with Crippen LogP contribution in [0.4, 0.5) is 11.4 Å². The van der Waals surface area contributed by atoms with E-state index in [4.69, 9.17) is 4.98 Å². The molecule has 146 valence electrons. The van der Waals surface area contributed by atoms with Crippen LogP contribution in [-0.4, -0.2) is 25.4 Å². The van der Waals surface area contributed by atoms with Gasteiger partial charge in [0, 0.05) is 25.5 Å². The van der Waals surface area contributed by atoms with Crippen molar-refractivity contribution in [1.29, 1.82) is 0 Å². The van der Waals surface area contributed by atoms with Crippen LogP contribution in [0.1, 0.15) is 43.8 Å². The largest absolute Gasteiger partial charge is 0.325 e. The maximum atomic E-state index is 11.4. The van der Waals surface area contributed by atoms with Gasteiger partial charge in [0.1, 0.15) is 11.3 Å². The number of aryl methyl sites for hydroxylation is 2. The molecule has 0 unspecified atom stereocenters. The van der Waals surface area contributed by atoms with Crippen molar-refractivity contribution in [2.45, 2.75) is 46.6 Å². The summed E-state index contributed by atoms with van der Waals surface area (Å²) in [4.78, 5) is 31.5. The first kappa shape index (κ1) is 19.5. The van der Waals surface area contributed by atoms with Gasteiger partial charge in [0.15, 0.2) is 5.65 Å². The highest BCUT2D eigenvalue weighted by Gasteiger charge is 2.16. The van der Waals surface area contributed by atoms with Crippen LogP contribution in [-0.2, 0) is 17.8 Å². The monoisotopic (exact) mass is 381 g/mol. The molecule has 28 heavy (non-hydrogen) atoms. The number of non-ortho nitro benzene ring substituents is 1. The summed E-state index contributed by atoms with van der Waals surface area (Å²) in [6.45, 7) is 5.85. The van der Waals surface area contributed by atoms with Crippen LogP contribution >= 0.6 is 0 Å². The first-order valence-electron chi connectivity index (χ1n) is 9.26. The molecule has 0 bridgehead atoms. The topological polar surface area (TPSA) is 103 Å². The number of nitrogens with one attached hydrogen (secondary N) is 1. The summed E-state index contributed by atoms with van der Waals surface area (Å²) < 4.78 is 2.01. The molecular formula is C20H23N5O3. The fourth-order valence-corrected chi connectivity index (χ4v) is 3.14. The van der Waals surface area contributed by atoms with E-state index in [0.717, 1.165) is 30.7 Å². The molecule has 1 N–H and O–H groups in total. The van der Waals surface area contributed by atoms with Crippen LogP contribution in [0.5, 0.6) is 0 Å². The molecule has 0 fully saturated rings. The van der Waals surface area contributed by atoms with Gasteiger partial charge in [-0.1, -0.05) is 25.5 Å². The molecule has 8 heteroatoms. The minimum absolute atomic E-state index is 0.0640. The van der Waals surface area contributed by atoms with Gasteiger partial charge in [0.2, 0.25) is 5.91 Å². The zero-order valence-electron chi connectivity index (χ0n) is 16.2. The van der Waals surface area contributed by atoms with Gasteiger partial charge in [-0.25, -0.2) is 9.97 Å². The number of amides is 1. The molecule has 0 saturated carbocycles. The SMILES string of the molecule is CCCCc1nc2cc(NC(C)=O)c(C)nc2n1Cc1cccc([N+](=O)[O-])c1. The van der Waals surface area contributed by atoms with Crippen molar-refractivity contribution in [2.24, 2.45) is 0 Å². The standard InChI is InChI=1S/C20H23N5O3/c1-4-5-9-19-23-18-11-17(22-14(3)26)13(2)21-20(18)24(19)12-15-7-6-8-16(10-15)25(27)28/h6-8,10-11H,4-5,9,12H2,1-3H3,(H,22,26). The van der Waals surface area contributed by atoms with Crippen LogP contribution in [0, 0.1) is 17.0 Å². The zero-order valence-corrected chi connectivity index (χ0v) is 16.2. The summed E-state index contributed by atoms with van der Waals surface area (Å²) in [5.74, 6) is 0.724. The molecule has 3 aromatic rings. The maximum absolute atomic E-state index is 11.4. The Morgan fingerprint density at radius 1 is 1.29 bits per heavy atom. The molecule has 0 radical (unpaired) electrons. The molecule has 3 rings (SSSR count). The second-order valence-electron chi connectivity index (χ2n) is 6.79. The van der Waals surface area contributed by atoms with Crippen molar-refractivity contribution in [3.05, 3.63) is 57.5 Å². The van der Waals surface area contributed by atoms with Gasteiger partial charge in [-0.15, -0.1) is 0 Å². The van der Waals surface area contributed by atoms with Crippen molar-refractivity contribution in [3.63, 3.8) is 0 Å². The zero-order chi connectivity index (χ0) is 20.3. The average molecular weight is 381 g/mol. The number of anilines is 1. The van der Waals surface area contributed by atoms with Gasteiger partial charge < -0.3 is 9.88 Å². The van der Waals surface area contributed by atoms with E-state index >= 15 is 0 Å². The van der Waals surface area contributed by atoms with Crippen LogP contribution in [0.15, 0.2) is 30.3 Å². The van der Waals surface area contributed by atoms with Gasteiger partial charge >= 0.3 is 0 Å². The van der Waals surface area contributed by atoms with E-state index in [1.54, 1.807) is 12.1 Å². The van der Waals surface area contributed by atoms with E-state index < -0.39 is 4.92 Å². The third-order valence-electron chi connectivity index (χ3n) is 4.52. The Balaban J connectivity index is 2.07. The number of nitrogens with zero attached hydrogens (tertiary/aromatic N) is 4. The predicted octanol–water partition coefficient (Wildman–Crippen LogP) is 4.00. The number of hydrogen-bond donors (Lipinski definition) is 1. The Hall–Kier alpha value is -3.29. The summed E-state index contributed by atoms with van der Waals surface area (Å²) >= 11 is 0. The number of nitro benzene ring substituents is 1. The second kappa shape index (κ2) is 8.16. The Labute approximate surface area is 162 Å². The molecule has 2 heterocycles. The first-order chi connectivity index (χ1) is 13.4. The van der Waals surface area contributed by atoms with Crippen LogP contribution in [0.3, 0.4) is 0 Å². The van der Waals surface area contributed by atoms with Crippen molar-refractivity contribution in [3.8, 4) is 0 Å². The van der Waals surface area contributed by atoms with Crippen molar-refractivity contribution in [1.82, 2.24) is 14.5 Å². The van der Waals surface area contributed by atoms with Gasteiger partial charge in [-0.3, -0.25) is 14.9 Å². The molecule has 1 aromatic carbocycles. The lowest BCUT2D eigenvalue weighted by atomic mass is 10.2. The fraction of sp³-hybridized carbons (Fsp3) is 0.350. The minimum Gasteiger partial charge on any atom is -0.325 e. The van der Waals surface area contributed by atoms with E-state index in [0.29, 0.717) is 29.1 Å². The molecule has 8 nitrogen and oxygen atoms in total. The Morgan fingerprint density at radius 2 is 2.07 bits per heavy atom. The molecule has 0 atom stereocenters. The lowest BCUT2D eigenvalue weighted by Gasteiger charge is -2.10. The van der Waals surface area contributed by atoms with Crippen molar-refractivity contribution in [2.75, 3.05) is 5.32 Å². The fourth-order valence-electron chi connectivity index (χ4n) is 3.14. The number of rotatable bonds is 7.